The Morgan fingerprint density at radius 2 is 1.84 bits per heavy atom. The highest BCUT2D eigenvalue weighted by molar-refractivity contribution is 6.30. The molecule has 1 heterocycles. The van der Waals surface area contributed by atoms with Crippen molar-refractivity contribution in [3.63, 3.8) is 0 Å². The molecule has 0 bridgehead atoms. The lowest BCUT2D eigenvalue weighted by Crippen LogP contribution is -2.44. The van der Waals surface area contributed by atoms with Crippen molar-refractivity contribution in [3.8, 4) is 5.75 Å². The third kappa shape index (κ3) is 4.86. The van der Waals surface area contributed by atoms with Crippen molar-refractivity contribution in [1.82, 2.24) is 4.90 Å². The fourth-order valence-corrected chi connectivity index (χ4v) is 2.96. The van der Waals surface area contributed by atoms with Gasteiger partial charge in [-0.05, 0) is 49.2 Å². The summed E-state index contributed by atoms with van der Waals surface area (Å²) in [6.07, 6.45) is 1.56. The summed E-state index contributed by atoms with van der Waals surface area (Å²) in [5.41, 5.74) is 0.512. The first-order valence-corrected chi connectivity index (χ1v) is 8.67. The number of hydrogen-bond donors (Lipinski definition) is 1. The van der Waals surface area contributed by atoms with E-state index in [1.165, 1.54) is 6.07 Å². The van der Waals surface area contributed by atoms with E-state index >= 15 is 0 Å². The first-order valence-electron chi connectivity index (χ1n) is 8.29. The molecule has 4 nitrogen and oxygen atoms in total. The average molecular weight is 363 g/mol. The highest BCUT2D eigenvalue weighted by Gasteiger charge is 2.23. The molecule has 132 valence electrons. The van der Waals surface area contributed by atoms with Crippen LogP contribution in [0.5, 0.6) is 5.75 Å². The number of hydrogen-bond acceptors (Lipinski definition) is 3. The summed E-state index contributed by atoms with van der Waals surface area (Å²) in [7, 11) is 0. The SMILES string of the molecule is O=C(COc1ccc(Cl)cc1)N1CCC(Nc2ccccc2F)CC1. The second-order valence-electron chi connectivity index (χ2n) is 6.02. The monoisotopic (exact) mass is 362 g/mol. The number of benzene rings is 2. The van der Waals surface area contributed by atoms with Crippen LogP contribution < -0.4 is 10.1 Å². The molecule has 1 N–H and O–H groups in total. The van der Waals surface area contributed by atoms with Gasteiger partial charge in [-0.2, -0.15) is 0 Å². The number of halogens is 2. The molecular weight excluding hydrogens is 343 g/mol. The first-order chi connectivity index (χ1) is 12.1. The van der Waals surface area contributed by atoms with Crippen LogP contribution in [0, 0.1) is 5.82 Å². The minimum atomic E-state index is -0.252. The van der Waals surface area contributed by atoms with Crippen LogP contribution in [-0.4, -0.2) is 36.5 Å². The molecule has 0 radical (unpaired) electrons. The van der Waals surface area contributed by atoms with Gasteiger partial charge in [0.25, 0.3) is 5.91 Å². The van der Waals surface area contributed by atoms with Crippen molar-refractivity contribution in [2.75, 3.05) is 25.0 Å². The van der Waals surface area contributed by atoms with Crippen LogP contribution in [0.2, 0.25) is 5.02 Å². The molecule has 6 heteroatoms. The van der Waals surface area contributed by atoms with Gasteiger partial charge in [0.05, 0.1) is 5.69 Å². The van der Waals surface area contributed by atoms with Gasteiger partial charge < -0.3 is 15.0 Å². The van der Waals surface area contributed by atoms with E-state index < -0.39 is 0 Å². The molecule has 1 fully saturated rings. The highest BCUT2D eigenvalue weighted by atomic mass is 35.5. The van der Waals surface area contributed by atoms with E-state index in [1.807, 2.05) is 0 Å². The number of piperidine rings is 1. The Bertz CT molecular complexity index is 716. The lowest BCUT2D eigenvalue weighted by Gasteiger charge is -2.33. The number of anilines is 1. The number of nitrogens with zero attached hydrogens (tertiary/aromatic N) is 1. The van der Waals surface area contributed by atoms with E-state index in [2.05, 4.69) is 5.32 Å². The van der Waals surface area contributed by atoms with E-state index in [9.17, 15) is 9.18 Å². The van der Waals surface area contributed by atoms with Gasteiger partial charge in [-0.25, -0.2) is 4.39 Å². The molecule has 3 rings (SSSR count). The van der Waals surface area contributed by atoms with Gasteiger partial charge in [0, 0.05) is 24.2 Å². The maximum Gasteiger partial charge on any atom is 0.260 e. The van der Waals surface area contributed by atoms with Crippen LogP contribution in [0.1, 0.15) is 12.8 Å². The van der Waals surface area contributed by atoms with Crippen LogP contribution in [0.4, 0.5) is 10.1 Å². The van der Waals surface area contributed by atoms with Gasteiger partial charge in [-0.1, -0.05) is 23.7 Å². The van der Waals surface area contributed by atoms with Gasteiger partial charge in [0.2, 0.25) is 0 Å². The van der Waals surface area contributed by atoms with E-state index in [4.69, 9.17) is 16.3 Å². The smallest absolute Gasteiger partial charge is 0.260 e. The third-order valence-electron chi connectivity index (χ3n) is 4.26. The van der Waals surface area contributed by atoms with Crippen molar-refractivity contribution >= 4 is 23.2 Å². The van der Waals surface area contributed by atoms with Crippen LogP contribution in [0.25, 0.3) is 0 Å². The zero-order valence-electron chi connectivity index (χ0n) is 13.8. The summed E-state index contributed by atoms with van der Waals surface area (Å²) in [6.45, 7) is 1.27. The van der Waals surface area contributed by atoms with Gasteiger partial charge in [-0.15, -0.1) is 0 Å². The molecule has 0 atom stereocenters. The Hall–Kier alpha value is -2.27. The zero-order chi connectivity index (χ0) is 17.6. The number of ether oxygens (including phenoxy) is 1. The summed E-state index contributed by atoms with van der Waals surface area (Å²) in [5, 5.41) is 3.84. The van der Waals surface area contributed by atoms with Crippen molar-refractivity contribution in [2.45, 2.75) is 18.9 Å². The Kier molecular flexibility index (Phi) is 5.76. The van der Waals surface area contributed by atoms with Crippen molar-refractivity contribution in [2.24, 2.45) is 0 Å². The molecule has 1 amide bonds. The van der Waals surface area contributed by atoms with Gasteiger partial charge >= 0.3 is 0 Å². The van der Waals surface area contributed by atoms with Gasteiger partial charge in [0.1, 0.15) is 11.6 Å². The second-order valence-corrected chi connectivity index (χ2v) is 6.46. The predicted molar refractivity (Wildman–Crippen MR) is 96.6 cm³/mol. The standard InChI is InChI=1S/C19H20ClFN2O2/c20-14-5-7-16(8-6-14)25-13-19(24)23-11-9-15(10-12-23)22-18-4-2-1-3-17(18)21/h1-8,15,22H,9-13H2. The summed E-state index contributed by atoms with van der Waals surface area (Å²) >= 11 is 5.82. The molecule has 0 unspecified atom stereocenters. The Balaban J connectivity index is 1.44. The minimum Gasteiger partial charge on any atom is -0.484 e. The van der Waals surface area contributed by atoms with E-state index in [-0.39, 0.29) is 24.4 Å². The summed E-state index contributed by atoms with van der Waals surface area (Å²) in [6, 6.07) is 13.7. The van der Waals surface area contributed by atoms with Crippen molar-refractivity contribution < 1.29 is 13.9 Å². The molecule has 0 aromatic heterocycles. The van der Waals surface area contributed by atoms with E-state index in [0.717, 1.165) is 12.8 Å². The number of carbonyl (C=O) groups is 1. The Morgan fingerprint density at radius 3 is 2.52 bits per heavy atom. The van der Waals surface area contributed by atoms with E-state index in [1.54, 1.807) is 47.4 Å². The van der Waals surface area contributed by atoms with Crippen LogP contribution >= 0.6 is 11.6 Å². The normalized spacial score (nSPS) is 15.0. The van der Waals surface area contributed by atoms with Gasteiger partial charge in [0.15, 0.2) is 6.61 Å². The lowest BCUT2D eigenvalue weighted by molar-refractivity contribution is -0.134. The molecule has 2 aromatic carbocycles. The molecule has 0 spiro atoms. The van der Waals surface area contributed by atoms with Gasteiger partial charge in [-0.3, -0.25) is 4.79 Å². The van der Waals surface area contributed by atoms with Crippen LogP contribution in [0.15, 0.2) is 48.5 Å². The summed E-state index contributed by atoms with van der Waals surface area (Å²) < 4.78 is 19.2. The molecule has 2 aromatic rings. The minimum absolute atomic E-state index is 0.00699. The lowest BCUT2D eigenvalue weighted by atomic mass is 10.0. The molecule has 1 saturated heterocycles. The molecule has 25 heavy (non-hydrogen) atoms. The van der Waals surface area contributed by atoms with Crippen molar-refractivity contribution in [1.29, 1.82) is 0 Å². The number of para-hydroxylation sites is 1. The zero-order valence-corrected chi connectivity index (χ0v) is 14.5. The second kappa shape index (κ2) is 8.21. The molecular formula is C19H20ClFN2O2. The number of nitrogens with one attached hydrogen (secondary N) is 1. The maximum atomic E-state index is 13.7. The number of amides is 1. The average Bonchev–Trinajstić information content (AvgIpc) is 2.63. The fourth-order valence-electron chi connectivity index (χ4n) is 2.84. The Morgan fingerprint density at radius 1 is 1.16 bits per heavy atom. The number of likely N-dealkylation sites (tertiary alicyclic amines) is 1. The third-order valence-corrected chi connectivity index (χ3v) is 4.51. The number of carbonyl (C=O) groups excluding carboxylic acids is 1. The fraction of sp³-hybridized carbons (Fsp3) is 0.316. The highest BCUT2D eigenvalue weighted by Crippen LogP contribution is 2.20. The molecule has 0 aliphatic carbocycles. The topological polar surface area (TPSA) is 41.6 Å². The maximum absolute atomic E-state index is 13.7. The van der Waals surface area contributed by atoms with Crippen LogP contribution in [0.3, 0.4) is 0 Å². The van der Waals surface area contributed by atoms with Crippen LogP contribution in [-0.2, 0) is 4.79 Å². The summed E-state index contributed by atoms with van der Waals surface area (Å²) in [4.78, 5) is 14.0. The Labute approximate surface area is 151 Å². The largest absolute Gasteiger partial charge is 0.484 e. The predicted octanol–water partition coefficient (Wildman–Crippen LogP) is 3.96. The molecule has 1 aliphatic rings. The van der Waals surface area contributed by atoms with Crippen molar-refractivity contribution in [3.05, 3.63) is 59.4 Å². The first kappa shape index (κ1) is 17.5. The van der Waals surface area contributed by atoms with E-state index in [0.29, 0.717) is 29.5 Å². The quantitative estimate of drug-likeness (QED) is 0.875. The summed E-state index contributed by atoms with van der Waals surface area (Å²) in [5.74, 6) is 0.325. The number of rotatable bonds is 5. The molecule has 0 saturated carbocycles. The molecule has 1 aliphatic heterocycles.